The van der Waals surface area contributed by atoms with E-state index in [4.69, 9.17) is 9.47 Å². The van der Waals surface area contributed by atoms with Gasteiger partial charge in [-0.1, -0.05) is 37.5 Å². The van der Waals surface area contributed by atoms with Gasteiger partial charge < -0.3 is 19.3 Å². The molecule has 39 heavy (non-hydrogen) atoms. The van der Waals surface area contributed by atoms with E-state index in [0.29, 0.717) is 37.1 Å². The third-order valence-corrected chi connectivity index (χ3v) is 9.17. The van der Waals surface area contributed by atoms with Gasteiger partial charge in [0.05, 0.1) is 25.2 Å². The van der Waals surface area contributed by atoms with Crippen LogP contribution in [-0.4, -0.2) is 78.5 Å². The zero-order valence-corrected chi connectivity index (χ0v) is 23.4. The van der Waals surface area contributed by atoms with Gasteiger partial charge in [0.1, 0.15) is 0 Å². The van der Waals surface area contributed by atoms with Crippen LogP contribution in [-0.2, 0) is 11.2 Å². The van der Waals surface area contributed by atoms with Crippen LogP contribution in [0.3, 0.4) is 0 Å². The minimum atomic E-state index is -0.438. The maximum absolute atomic E-state index is 14.5. The van der Waals surface area contributed by atoms with E-state index in [-0.39, 0.29) is 17.9 Å². The summed E-state index contributed by atoms with van der Waals surface area (Å²) < 4.78 is 11.9. The lowest BCUT2D eigenvalue weighted by Gasteiger charge is -2.47. The third kappa shape index (κ3) is 4.79. The molecule has 7 heteroatoms. The Kier molecular flexibility index (Phi) is 7.52. The SMILES string of the molecule is CCOc1cc2c(cc1OCC)[C@@H]1[C@@H](C(=O)N3CCN(C4CCCCC4)CC3)c3ccccc3C(=O)N1CC2. The van der Waals surface area contributed by atoms with E-state index >= 15 is 0 Å². The second kappa shape index (κ2) is 11.2. The van der Waals surface area contributed by atoms with Gasteiger partial charge in [0.2, 0.25) is 5.91 Å². The molecule has 4 aliphatic rings. The van der Waals surface area contributed by atoms with E-state index in [9.17, 15) is 9.59 Å². The van der Waals surface area contributed by atoms with E-state index in [1.807, 2.05) is 49.1 Å². The summed E-state index contributed by atoms with van der Waals surface area (Å²) in [7, 11) is 0. The summed E-state index contributed by atoms with van der Waals surface area (Å²) in [6, 6.07) is 12.1. The lowest BCUT2D eigenvalue weighted by Crippen LogP contribution is -2.56. The summed E-state index contributed by atoms with van der Waals surface area (Å²) in [5, 5.41) is 0. The first kappa shape index (κ1) is 26.2. The first-order valence-electron chi connectivity index (χ1n) is 15.0. The first-order chi connectivity index (χ1) is 19.1. The summed E-state index contributed by atoms with van der Waals surface area (Å²) in [4.78, 5) is 34.8. The summed E-state index contributed by atoms with van der Waals surface area (Å²) in [6.45, 7) is 8.93. The number of amides is 2. The molecule has 3 heterocycles. The predicted octanol–water partition coefficient (Wildman–Crippen LogP) is 4.80. The number of ether oxygens (including phenoxy) is 2. The second-order valence-electron chi connectivity index (χ2n) is 11.3. The molecule has 1 saturated carbocycles. The number of fused-ring (bicyclic) bond motifs is 4. The molecule has 2 atom stereocenters. The van der Waals surface area contributed by atoms with Crippen LogP contribution in [0.1, 0.15) is 85.0 Å². The molecule has 0 spiro atoms. The van der Waals surface area contributed by atoms with E-state index in [2.05, 4.69) is 15.9 Å². The van der Waals surface area contributed by atoms with E-state index in [1.165, 1.54) is 32.1 Å². The highest BCUT2D eigenvalue weighted by Crippen LogP contribution is 2.49. The Morgan fingerprint density at radius 2 is 1.56 bits per heavy atom. The van der Waals surface area contributed by atoms with Crippen LogP contribution in [0.5, 0.6) is 11.5 Å². The van der Waals surface area contributed by atoms with Crippen LogP contribution in [0.25, 0.3) is 0 Å². The van der Waals surface area contributed by atoms with Gasteiger partial charge in [-0.05, 0) is 68.0 Å². The maximum atomic E-state index is 14.5. The van der Waals surface area contributed by atoms with Crippen molar-refractivity contribution in [3.05, 3.63) is 58.7 Å². The van der Waals surface area contributed by atoms with Crippen LogP contribution in [0.4, 0.5) is 0 Å². The summed E-state index contributed by atoms with van der Waals surface area (Å²) in [5.41, 5.74) is 3.65. The molecule has 2 amide bonds. The predicted molar refractivity (Wildman–Crippen MR) is 150 cm³/mol. The first-order valence-corrected chi connectivity index (χ1v) is 15.0. The minimum absolute atomic E-state index is 0.0132. The lowest BCUT2D eigenvalue weighted by molar-refractivity contribution is -0.137. The van der Waals surface area contributed by atoms with Crippen molar-refractivity contribution in [1.29, 1.82) is 0 Å². The number of hydrogen-bond acceptors (Lipinski definition) is 5. The number of piperazine rings is 1. The summed E-state index contributed by atoms with van der Waals surface area (Å²) in [6.07, 6.45) is 7.29. The maximum Gasteiger partial charge on any atom is 0.254 e. The minimum Gasteiger partial charge on any atom is -0.490 e. The Hall–Kier alpha value is -3.06. The average molecular weight is 532 g/mol. The molecule has 0 N–H and O–H groups in total. The Balaban J connectivity index is 1.35. The van der Waals surface area contributed by atoms with Crippen molar-refractivity contribution in [2.24, 2.45) is 0 Å². The highest BCUT2D eigenvalue weighted by molar-refractivity contribution is 6.01. The fourth-order valence-corrected chi connectivity index (χ4v) is 7.29. The molecule has 2 aromatic rings. The molecule has 3 aliphatic heterocycles. The van der Waals surface area contributed by atoms with Gasteiger partial charge in [-0.25, -0.2) is 0 Å². The van der Waals surface area contributed by atoms with Crippen molar-refractivity contribution in [3.63, 3.8) is 0 Å². The van der Waals surface area contributed by atoms with Crippen molar-refractivity contribution in [2.45, 2.75) is 70.4 Å². The largest absolute Gasteiger partial charge is 0.490 e. The van der Waals surface area contributed by atoms with Gasteiger partial charge in [-0.3, -0.25) is 14.5 Å². The number of hydrogen-bond donors (Lipinski definition) is 0. The van der Waals surface area contributed by atoms with Crippen LogP contribution < -0.4 is 9.47 Å². The number of rotatable bonds is 6. The van der Waals surface area contributed by atoms with Crippen molar-refractivity contribution in [1.82, 2.24) is 14.7 Å². The Morgan fingerprint density at radius 3 is 2.28 bits per heavy atom. The van der Waals surface area contributed by atoms with Crippen LogP contribution >= 0.6 is 0 Å². The fraction of sp³-hybridized carbons (Fsp3) is 0.562. The highest BCUT2D eigenvalue weighted by atomic mass is 16.5. The summed E-state index contributed by atoms with van der Waals surface area (Å²) >= 11 is 0. The standard InChI is InChI=1S/C32H41N3O4/c1-3-38-27-20-22-14-15-35-30(26(22)21-28(27)39-4-2)29(24-12-8-9-13-25(24)31(35)36)32(37)34-18-16-33(17-19-34)23-10-6-5-7-11-23/h8-9,12-13,20-21,23,29-30H,3-7,10-11,14-19H2,1-2H3/t29-,30+/m0/s1. The van der Waals surface area contributed by atoms with Crippen LogP contribution in [0.2, 0.25) is 0 Å². The molecule has 0 bridgehead atoms. The van der Waals surface area contributed by atoms with Gasteiger partial charge in [-0.2, -0.15) is 0 Å². The molecule has 0 aromatic heterocycles. The Bertz CT molecular complexity index is 1220. The molecule has 0 unspecified atom stereocenters. The Labute approximate surface area is 232 Å². The van der Waals surface area contributed by atoms with Gasteiger partial charge in [0, 0.05) is 44.3 Å². The average Bonchev–Trinajstić information content (AvgIpc) is 2.98. The van der Waals surface area contributed by atoms with Crippen LogP contribution in [0.15, 0.2) is 36.4 Å². The number of carbonyl (C=O) groups excluding carboxylic acids is 2. The van der Waals surface area contributed by atoms with E-state index in [1.54, 1.807) is 0 Å². The highest BCUT2D eigenvalue weighted by Gasteiger charge is 2.48. The van der Waals surface area contributed by atoms with Gasteiger partial charge in [-0.15, -0.1) is 0 Å². The van der Waals surface area contributed by atoms with E-state index in [0.717, 1.165) is 55.0 Å². The molecule has 7 nitrogen and oxygen atoms in total. The van der Waals surface area contributed by atoms with Gasteiger partial charge >= 0.3 is 0 Å². The second-order valence-corrected chi connectivity index (χ2v) is 11.3. The zero-order valence-electron chi connectivity index (χ0n) is 23.4. The van der Waals surface area contributed by atoms with Crippen molar-refractivity contribution in [3.8, 4) is 11.5 Å². The van der Waals surface area contributed by atoms with Crippen molar-refractivity contribution in [2.75, 3.05) is 45.9 Å². The Morgan fingerprint density at radius 1 is 0.872 bits per heavy atom. The molecule has 2 fully saturated rings. The van der Waals surface area contributed by atoms with Crippen LogP contribution in [0, 0.1) is 0 Å². The molecule has 6 rings (SSSR count). The normalized spacial score (nSPS) is 23.6. The lowest BCUT2D eigenvalue weighted by atomic mass is 9.75. The number of nitrogens with zero attached hydrogens (tertiary/aromatic N) is 3. The smallest absolute Gasteiger partial charge is 0.254 e. The molecule has 2 aromatic carbocycles. The molecular formula is C32H41N3O4. The van der Waals surface area contributed by atoms with Gasteiger partial charge in [0.15, 0.2) is 11.5 Å². The molecule has 208 valence electrons. The van der Waals surface area contributed by atoms with Crippen molar-refractivity contribution < 1.29 is 19.1 Å². The number of carbonyl (C=O) groups is 2. The topological polar surface area (TPSA) is 62.3 Å². The molecule has 0 radical (unpaired) electrons. The van der Waals surface area contributed by atoms with Gasteiger partial charge in [0.25, 0.3) is 5.91 Å². The molecule has 1 saturated heterocycles. The quantitative estimate of drug-likeness (QED) is 0.536. The van der Waals surface area contributed by atoms with Crippen molar-refractivity contribution >= 4 is 11.8 Å². The zero-order chi connectivity index (χ0) is 26.9. The molecule has 1 aliphatic carbocycles. The van der Waals surface area contributed by atoms with E-state index < -0.39 is 5.92 Å². The summed E-state index contributed by atoms with van der Waals surface area (Å²) in [5.74, 6) is 1.12. The third-order valence-electron chi connectivity index (χ3n) is 9.17. The fourth-order valence-electron chi connectivity index (χ4n) is 7.29. The monoisotopic (exact) mass is 531 g/mol. The molecular weight excluding hydrogens is 490 g/mol. The number of benzene rings is 2.